The molecule has 2 atom stereocenters. The number of aromatic nitrogens is 1. The highest BCUT2D eigenvalue weighted by Crippen LogP contribution is 2.26. The predicted molar refractivity (Wildman–Crippen MR) is 99.4 cm³/mol. The molecule has 7 heteroatoms. The number of nitrogens with two attached hydrogens (primary N) is 1. The fourth-order valence-corrected chi connectivity index (χ4v) is 3.15. The summed E-state index contributed by atoms with van der Waals surface area (Å²) >= 11 is 1.36. The standard InChI is InChI=1S/C17H22FN3OS.ClH/c1-4-10(2)15(19)16(22)21-17-20-11(3)14(23-17)9-12-7-5-6-8-13(12)18;/h5-8,10,15H,4,9,19H2,1-3H3,(H,20,21,22);1H. The van der Waals surface area contributed by atoms with Crippen LogP contribution in [0.4, 0.5) is 9.52 Å². The highest BCUT2D eigenvalue weighted by molar-refractivity contribution is 7.15. The quantitative estimate of drug-likeness (QED) is 0.808. The van der Waals surface area contributed by atoms with E-state index < -0.39 is 6.04 Å². The lowest BCUT2D eigenvalue weighted by molar-refractivity contribution is -0.118. The number of hydrogen-bond acceptors (Lipinski definition) is 4. The van der Waals surface area contributed by atoms with Crippen molar-refractivity contribution in [3.63, 3.8) is 0 Å². The first-order chi connectivity index (χ1) is 10.9. The molecule has 0 saturated carbocycles. The lowest BCUT2D eigenvalue weighted by Crippen LogP contribution is -2.40. The molecule has 0 saturated heterocycles. The summed E-state index contributed by atoms with van der Waals surface area (Å²) in [4.78, 5) is 17.4. The lowest BCUT2D eigenvalue weighted by Gasteiger charge is -2.16. The first-order valence-corrected chi connectivity index (χ1v) is 8.50. The Hall–Kier alpha value is -1.50. The van der Waals surface area contributed by atoms with Gasteiger partial charge in [0.2, 0.25) is 5.91 Å². The summed E-state index contributed by atoms with van der Waals surface area (Å²) in [5.74, 6) is -0.357. The lowest BCUT2D eigenvalue weighted by atomic mass is 10.00. The van der Waals surface area contributed by atoms with Crippen molar-refractivity contribution >= 4 is 34.8 Å². The summed E-state index contributed by atoms with van der Waals surface area (Å²) in [6.07, 6.45) is 1.30. The third-order valence-corrected chi connectivity index (χ3v) is 5.06. The van der Waals surface area contributed by atoms with Gasteiger partial charge in [0.05, 0.1) is 11.7 Å². The van der Waals surface area contributed by atoms with Crippen LogP contribution in [0.15, 0.2) is 24.3 Å². The van der Waals surface area contributed by atoms with Crippen LogP contribution in [-0.2, 0) is 11.2 Å². The molecule has 3 N–H and O–H groups in total. The summed E-state index contributed by atoms with van der Waals surface area (Å²) in [5.41, 5.74) is 7.34. The molecule has 2 unspecified atom stereocenters. The number of amides is 1. The molecule has 0 spiro atoms. The number of carbonyl (C=O) groups is 1. The van der Waals surface area contributed by atoms with Crippen molar-refractivity contribution in [2.24, 2.45) is 11.7 Å². The number of carbonyl (C=O) groups excluding carboxylic acids is 1. The van der Waals surface area contributed by atoms with E-state index >= 15 is 0 Å². The molecule has 1 heterocycles. The fourth-order valence-electron chi connectivity index (χ4n) is 2.16. The first kappa shape index (κ1) is 20.5. The zero-order valence-corrected chi connectivity index (χ0v) is 15.6. The van der Waals surface area contributed by atoms with E-state index in [1.54, 1.807) is 12.1 Å². The number of halogens is 2. The molecule has 0 bridgehead atoms. The normalized spacial score (nSPS) is 13.0. The largest absolute Gasteiger partial charge is 0.320 e. The molecule has 132 valence electrons. The Bertz CT molecular complexity index is 692. The van der Waals surface area contributed by atoms with Crippen molar-refractivity contribution < 1.29 is 9.18 Å². The van der Waals surface area contributed by atoms with Gasteiger partial charge in [-0.25, -0.2) is 9.37 Å². The predicted octanol–water partition coefficient (Wildman–Crippen LogP) is 3.92. The van der Waals surface area contributed by atoms with Gasteiger partial charge in [-0.3, -0.25) is 4.79 Å². The monoisotopic (exact) mass is 371 g/mol. The molecule has 4 nitrogen and oxygen atoms in total. The number of thiazole rings is 1. The maximum absolute atomic E-state index is 13.8. The van der Waals surface area contributed by atoms with Gasteiger partial charge in [0.25, 0.3) is 0 Å². The van der Waals surface area contributed by atoms with Gasteiger partial charge in [0.1, 0.15) is 5.82 Å². The number of rotatable bonds is 6. The minimum atomic E-state index is -0.556. The van der Waals surface area contributed by atoms with E-state index in [2.05, 4.69) is 10.3 Å². The third kappa shape index (κ3) is 5.00. The number of nitrogens with zero attached hydrogens (tertiary/aromatic N) is 1. The summed E-state index contributed by atoms with van der Waals surface area (Å²) in [6, 6.07) is 6.12. The van der Waals surface area contributed by atoms with Gasteiger partial charge in [0, 0.05) is 11.3 Å². The molecule has 24 heavy (non-hydrogen) atoms. The number of hydrogen-bond donors (Lipinski definition) is 2. The third-order valence-electron chi connectivity index (χ3n) is 3.99. The van der Waals surface area contributed by atoms with Gasteiger partial charge < -0.3 is 11.1 Å². The van der Waals surface area contributed by atoms with E-state index in [9.17, 15) is 9.18 Å². The Morgan fingerprint density at radius 3 is 2.71 bits per heavy atom. The Morgan fingerprint density at radius 1 is 1.42 bits per heavy atom. The van der Waals surface area contributed by atoms with Crippen LogP contribution in [0.3, 0.4) is 0 Å². The summed E-state index contributed by atoms with van der Waals surface area (Å²) < 4.78 is 13.8. The van der Waals surface area contributed by atoms with Crippen molar-refractivity contribution in [2.75, 3.05) is 5.32 Å². The van der Waals surface area contributed by atoms with E-state index in [1.807, 2.05) is 26.8 Å². The molecule has 2 rings (SSSR count). The number of nitrogens with one attached hydrogen (secondary N) is 1. The van der Waals surface area contributed by atoms with E-state index in [0.717, 1.165) is 17.0 Å². The minimum Gasteiger partial charge on any atom is -0.320 e. The van der Waals surface area contributed by atoms with Crippen LogP contribution in [0.25, 0.3) is 0 Å². The average molecular weight is 372 g/mol. The Kier molecular flexibility index (Phi) is 7.79. The van der Waals surface area contributed by atoms with E-state index in [0.29, 0.717) is 17.1 Å². The van der Waals surface area contributed by atoms with E-state index in [-0.39, 0.29) is 30.0 Å². The Labute approximate surface area is 152 Å². The molecular weight excluding hydrogens is 349 g/mol. The highest BCUT2D eigenvalue weighted by atomic mass is 35.5. The molecule has 0 aliphatic rings. The Morgan fingerprint density at radius 2 is 2.08 bits per heavy atom. The second kappa shape index (κ2) is 9.11. The zero-order chi connectivity index (χ0) is 17.0. The second-order valence-corrected chi connectivity index (χ2v) is 6.78. The summed E-state index contributed by atoms with van der Waals surface area (Å²) in [6.45, 7) is 5.80. The van der Waals surface area contributed by atoms with Crippen LogP contribution in [0.2, 0.25) is 0 Å². The smallest absolute Gasteiger partial charge is 0.243 e. The van der Waals surface area contributed by atoms with Crippen LogP contribution in [0.1, 0.15) is 36.4 Å². The molecule has 0 aliphatic heterocycles. The van der Waals surface area contributed by atoms with Crippen molar-refractivity contribution in [3.05, 3.63) is 46.2 Å². The summed E-state index contributed by atoms with van der Waals surface area (Å²) in [5, 5.41) is 3.28. The zero-order valence-electron chi connectivity index (χ0n) is 14.0. The van der Waals surface area contributed by atoms with Gasteiger partial charge in [-0.1, -0.05) is 38.5 Å². The molecular formula is C17H23ClFN3OS. The topological polar surface area (TPSA) is 68.0 Å². The molecule has 1 aromatic carbocycles. The van der Waals surface area contributed by atoms with Crippen LogP contribution >= 0.6 is 23.7 Å². The molecule has 0 aliphatic carbocycles. The summed E-state index contributed by atoms with van der Waals surface area (Å²) in [7, 11) is 0. The molecule has 0 radical (unpaired) electrons. The van der Waals surface area contributed by atoms with Crippen molar-refractivity contribution in [3.8, 4) is 0 Å². The van der Waals surface area contributed by atoms with Gasteiger partial charge in [-0.15, -0.1) is 23.7 Å². The van der Waals surface area contributed by atoms with Crippen LogP contribution in [-0.4, -0.2) is 16.9 Å². The maximum Gasteiger partial charge on any atom is 0.243 e. The highest BCUT2D eigenvalue weighted by Gasteiger charge is 2.21. The van der Waals surface area contributed by atoms with Crippen LogP contribution in [0, 0.1) is 18.7 Å². The fraction of sp³-hybridized carbons (Fsp3) is 0.412. The van der Waals surface area contributed by atoms with E-state index in [1.165, 1.54) is 17.4 Å². The van der Waals surface area contributed by atoms with Crippen LogP contribution < -0.4 is 11.1 Å². The maximum atomic E-state index is 13.8. The van der Waals surface area contributed by atoms with Gasteiger partial charge in [-0.05, 0) is 24.5 Å². The van der Waals surface area contributed by atoms with Gasteiger partial charge in [-0.2, -0.15) is 0 Å². The SMILES string of the molecule is CCC(C)C(N)C(=O)Nc1nc(C)c(Cc2ccccc2F)s1.Cl. The molecule has 0 fully saturated rings. The first-order valence-electron chi connectivity index (χ1n) is 7.68. The molecule has 1 amide bonds. The molecule has 2 aromatic rings. The van der Waals surface area contributed by atoms with Crippen LogP contribution in [0.5, 0.6) is 0 Å². The second-order valence-electron chi connectivity index (χ2n) is 5.70. The van der Waals surface area contributed by atoms with Crippen molar-refractivity contribution in [2.45, 2.75) is 39.7 Å². The number of benzene rings is 1. The van der Waals surface area contributed by atoms with Crippen molar-refractivity contribution in [1.82, 2.24) is 4.98 Å². The van der Waals surface area contributed by atoms with Gasteiger partial charge >= 0.3 is 0 Å². The van der Waals surface area contributed by atoms with Gasteiger partial charge in [0.15, 0.2) is 5.13 Å². The van der Waals surface area contributed by atoms with E-state index in [4.69, 9.17) is 5.73 Å². The number of aryl methyl sites for hydroxylation is 1. The molecule has 1 aromatic heterocycles. The minimum absolute atomic E-state index is 0. The van der Waals surface area contributed by atoms with Crippen molar-refractivity contribution in [1.29, 1.82) is 0 Å². The Balaban J connectivity index is 0.00000288. The number of anilines is 1. The average Bonchev–Trinajstić information content (AvgIpc) is 2.87.